The number of halogens is 1. The van der Waals surface area contributed by atoms with Crippen LogP contribution in [0.15, 0.2) is 36.9 Å². The number of hydrogen-bond acceptors (Lipinski definition) is 5. The molecule has 3 rings (SSSR count). The molecule has 0 N–H and O–H groups in total. The number of ketones is 1. The van der Waals surface area contributed by atoms with Gasteiger partial charge in [-0.15, -0.1) is 0 Å². The topological polar surface area (TPSA) is 60.2 Å². The van der Waals surface area contributed by atoms with E-state index in [2.05, 4.69) is 15.0 Å². The minimum absolute atomic E-state index is 0.0313. The molecule has 0 amide bonds. The molecule has 0 spiro atoms. The van der Waals surface area contributed by atoms with Crippen LogP contribution in [0.25, 0.3) is 0 Å². The maximum Gasteiger partial charge on any atom is 0.164 e. The molecule has 1 aromatic carbocycles. The van der Waals surface area contributed by atoms with Crippen LogP contribution in [0.1, 0.15) is 38.4 Å². The molecule has 0 aliphatic carbocycles. The molecule has 26 heavy (non-hydrogen) atoms. The van der Waals surface area contributed by atoms with Gasteiger partial charge in [-0.3, -0.25) is 9.69 Å². The summed E-state index contributed by atoms with van der Waals surface area (Å²) in [7, 11) is 0. The van der Waals surface area contributed by atoms with Crippen molar-refractivity contribution in [1.82, 2.24) is 19.7 Å². The fraction of sp³-hybridized carbons (Fsp3) is 0.526. The van der Waals surface area contributed by atoms with Crippen molar-refractivity contribution in [3.63, 3.8) is 0 Å². The van der Waals surface area contributed by atoms with Gasteiger partial charge < -0.3 is 4.74 Å². The Kier molecular flexibility index (Phi) is 5.48. The Morgan fingerprint density at radius 3 is 2.58 bits per heavy atom. The summed E-state index contributed by atoms with van der Waals surface area (Å²) in [6, 6.07) is 5.51. The first-order valence-electron chi connectivity index (χ1n) is 8.83. The Labute approximate surface area is 153 Å². The standard InChI is InChI=1S/C19H25FN4O2/c1-19(2,3)18(25)17(24-13-21-12-22-24)16(23-7-9-26-10-8-23)14-5-4-6-15(20)11-14/h4-6,11-13,16-17H,7-10H2,1-3H3. The highest BCUT2D eigenvalue weighted by Crippen LogP contribution is 2.37. The first-order valence-corrected chi connectivity index (χ1v) is 8.83. The SMILES string of the molecule is CC(C)(C)C(=O)C(C(c1cccc(F)c1)N1CCOCC1)n1cncn1. The van der Waals surface area contributed by atoms with Gasteiger partial charge in [0.25, 0.3) is 0 Å². The lowest BCUT2D eigenvalue weighted by molar-refractivity contribution is -0.133. The maximum absolute atomic E-state index is 14.0. The van der Waals surface area contributed by atoms with Gasteiger partial charge in [0, 0.05) is 18.5 Å². The summed E-state index contributed by atoms with van der Waals surface area (Å²) < 4.78 is 21.0. The van der Waals surface area contributed by atoms with E-state index in [9.17, 15) is 9.18 Å². The van der Waals surface area contributed by atoms with Gasteiger partial charge in [0.2, 0.25) is 0 Å². The monoisotopic (exact) mass is 360 g/mol. The Morgan fingerprint density at radius 1 is 1.27 bits per heavy atom. The molecule has 6 nitrogen and oxygen atoms in total. The number of rotatable bonds is 5. The molecule has 7 heteroatoms. The third kappa shape index (κ3) is 3.99. The number of ether oxygens (including phenoxy) is 1. The normalized spacial score (nSPS) is 18.5. The highest BCUT2D eigenvalue weighted by Gasteiger charge is 2.41. The molecule has 1 fully saturated rings. The van der Waals surface area contributed by atoms with E-state index in [1.165, 1.54) is 18.5 Å². The van der Waals surface area contributed by atoms with Crippen molar-refractivity contribution in [1.29, 1.82) is 0 Å². The largest absolute Gasteiger partial charge is 0.379 e. The van der Waals surface area contributed by atoms with Crippen LogP contribution in [0, 0.1) is 11.2 Å². The van der Waals surface area contributed by atoms with E-state index >= 15 is 0 Å². The third-order valence-corrected chi connectivity index (χ3v) is 4.66. The molecular formula is C19H25FN4O2. The van der Waals surface area contributed by atoms with Gasteiger partial charge in [-0.1, -0.05) is 32.9 Å². The number of aromatic nitrogens is 3. The molecule has 1 aromatic heterocycles. The number of carbonyl (C=O) groups excluding carboxylic acids is 1. The Hall–Kier alpha value is -2.12. The molecule has 2 heterocycles. The maximum atomic E-state index is 14.0. The summed E-state index contributed by atoms with van der Waals surface area (Å²) >= 11 is 0. The van der Waals surface area contributed by atoms with E-state index in [0.717, 1.165) is 5.56 Å². The summed E-state index contributed by atoms with van der Waals surface area (Å²) in [5.41, 5.74) is 0.180. The molecule has 0 radical (unpaired) electrons. The second kappa shape index (κ2) is 7.63. The van der Waals surface area contributed by atoms with Crippen LogP contribution >= 0.6 is 0 Å². The zero-order chi connectivity index (χ0) is 18.7. The first kappa shape index (κ1) is 18.7. The summed E-state index contributed by atoms with van der Waals surface area (Å²) in [6.45, 7) is 8.18. The molecule has 2 atom stereocenters. The van der Waals surface area contributed by atoms with Crippen LogP contribution < -0.4 is 0 Å². The van der Waals surface area contributed by atoms with Crippen molar-refractivity contribution in [2.45, 2.75) is 32.9 Å². The zero-order valence-corrected chi connectivity index (χ0v) is 15.4. The molecule has 1 aliphatic heterocycles. The first-order chi connectivity index (χ1) is 12.4. The summed E-state index contributed by atoms with van der Waals surface area (Å²) in [5.74, 6) is -0.287. The van der Waals surface area contributed by atoms with Crippen molar-refractivity contribution in [2.75, 3.05) is 26.3 Å². The third-order valence-electron chi connectivity index (χ3n) is 4.66. The van der Waals surface area contributed by atoms with Gasteiger partial charge in [-0.05, 0) is 17.7 Å². The van der Waals surface area contributed by atoms with E-state index < -0.39 is 11.5 Å². The highest BCUT2D eigenvalue weighted by atomic mass is 19.1. The van der Waals surface area contributed by atoms with Crippen LogP contribution in [0.5, 0.6) is 0 Å². The van der Waals surface area contributed by atoms with Gasteiger partial charge >= 0.3 is 0 Å². The highest BCUT2D eigenvalue weighted by molar-refractivity contribution is 5.88. The lowest BCUT2D eigenvalue weighted by Gasteiger charge is -2.40. The quantitative estimate of drug-likeness (QED) is 0.820. The number of nitrogens with zero attached hydrogens (tertiary/aromatic N) is 4. The van der Waals surface area contributed by atoms with E-state index in [0.29, 0.717) is 26.3 Å². The number of hydrogen-bond donors (Lipinski definition) is 0. The fourth-order valence-electron chi connectivity index (χ4n) is 3.35. The van der Waals surface area contributed by atoms with Crippen molar-refractivity contribution in [3.8, 4) is 0 Å². The summed E-state index contributed by atoms with van der Waals surface area (Å²) in [6.07, 6.45) is 2.98. The number of morpholine rings is 1. The van der Waals surface area contributed by atoms with Gasteiger partial charge in [-0.2, -0.15) is 5.10 Å². The lowest BCUT2D eigenvalue weighted by atomic mass is 9.81. The van der Waals surface area contributed by atoms with Crippen molar-refractivity contribution in [3.05, 3.63) is 48.3 Å². The molecule has 1 aliphatic rings. The fourth-order valence-corrected chi connectivity index (χ4v) is 3.35. The van der Waals surface area contributed by atoms with Crippen molar-refractivity contribution < 1.29 is 13.9 Å². The number of Topliss-reactive ketones (excluding diaryl/α,β-unsaturated/α-hetero) is 1. The molecule has 0 bridgehead atoms. The van der Waals surface area contributed by atoms with Crippen LogP contribution in [0.4, 0.5) is 4.39 Å². The average Bonchev–Trinajstić information content (AvgIpc) is 3.13. The van der Waals surface area contributed by atoms with Gasteiger partial charge in [0.05, 0.1) is 19.3 Å². The van der Waals surface area contributed by atoms with E-state index in [1.54, 1.807) is 17.1 Å². The second-order valence-corrected chi connectivity index (χ2v) is 7.58. The number of carbonyl (C=O) groups is 1. The lowest BCUT2D eigenvalue weighted by Crippen LogP contribution is -2.46. The van der Waals surface area contributed by atoms with Crippen molar-refractivity contribution in [2.24, 2.45) is 5.41 Å². The second-order valence-electron chi connectivity index (χ2n) is 7.58. The van der Waals surface area contributed by atoms with Crippen LogP contribution in [-0.4, -0.2) is 51.8 Å². The molecular weight excluding hydrogens is 335 g/mol. The molecule has 2 aromatic rings. The predicted molar refractivity (Wildman–Crippen MR) is 95.1 cm³/mol. The minimum Gasteiger partial charge on any atom is -0.379 e. The van der Waals surface area contributed by atoms with E-state index in [1.807, 2.05) is 26.8 Å². The Morgan fingerprint density at radius 2 is 2.00 bits per heavy atom. The van der Waals surface area contributed by atoms with E-state index in [4.69, 9.17) is 4.74 Å². The molecule has 140 valence electrons. The Balaban J connectivity index is 2.10. The van der Waals surface area contributed by atoms with Gasteiger partial charge in [0.1, 0.15) is 24.5 Å². The van der Waals surface area contributed by atoms with Crippen molar-refractivity contribution >= 4 is 5.78 Å². The van der Waals surface area contributed by atoms with Crippen LogP contribution in [0.2, 0.25) is 0 Å². The summed E-state index contributed by atoms with van der Waals surface area (Å²) in [5, 5.41) is 4.25. The molecule has 2 unspecified atom stereocenters. The van der Waals surface area contributed by atoms with Gasteiger partial charge in [0.15, 0.2) is 5.78 Å². The molecule has 0 saturated carbocycles. The molecule has 1 saturated heterocycles. The van der Waals surface area contributed by atoms with E-state index in [-0.39, 0.29) is 17.6 Å². The zero-order valence-electron chi connectivity index (χ0n) is 15.4. The smallest absolute Gasteiger partial charge is 0.164 e. The average molecular weight is 360 g/mol. The summed E-state index contributed by atoms with van der Waals surface area (Å²) in [4.78, 5) is 19.6. The van der Waals surface area contributed by atoms with Crippen LogP contribution in [0.3, 0.4) is 0 Å². The Bertz CT molecular complexity index is 736. The number of benzene rings is 1. The van der Waals surface area contributed by atoms with Crippen LogP contribution in [-0.2, 0) is 9.53 Å². The minimum atomic E-state index is -0.600. The van der Waals surface area contributed by atoms with Gasteiger partial charge in [-0.25, -0.2) is 14.1 Å². The predicted octanol–water partition coefficient (Wildman–Crippen LogP) is 2.65.